The highest BCUT2D eigenvalue weighted by atomic mass is 32.2. The van der Waals surface area contributed by atoms with Gasteiger partial charge >= 0.3 is 5.97 Å². The summed E-state index contributed by atoms with van der Waals surface area (Å²) in [4.78, 5) is 49.8. The molecule has 7 N–H and O–H groups in total. The van der Waals surface area contributed by atoms with Crippen molar-refractivity contribution in [2.24, 2.45) is 5.73 Å². The molecule has 0 aliphatic carbocycles. The van der Waals surface area contributed by atoms with Crippen LogP contribution in [0.5, 0.6) is 5.75 Å². The van der Waals surface area contributed by atoms with Gasteiger partial charge in [-0.3, -0.25) is 14.4 Å². The van der Waals surface area contributed by atoms with Crippen LogP contribution in [0, 0.1) is 0 Å². The molecule has 0 aliphatic rings. The number of rotatable bonds is 15. The monoisotopic (exact) mass is 514 g/mol. The molecular weight excluding hydrogens is 480 g/mol. The number of hydrogen-bond donors (Lipinski definition) is 6. The highest BCUT2D eigenvalue weighted by Crippen LogP contribution is 2.12. The minimum absolute atomic E-state index is 0.0486. The predicted octanol–water partition coefficient (Wildman–Crippen LogP) is 0.327. The topological polar surface area (TPSA) is 171 Å². The van der Waals surface area contributed by atoms with Crippen LogP contribution in [0.2, 0.25) is 0 Å². The highest BCUT2D eigenvalue weighted by Gasteiger charge is 2.30. The molecular formula is C22H34N4O6S2. The average Bonchev–Trinajstić information content (AvgIpc) is 2.79. The van der Waals surface area contributed by atoms with Crippen molar-refractivity contribution in [1.29, 1.82) is 0 Å². The maximum atomic E-state index is 13.0. The molecule has 0 aliphatic heterocycles. The summed E-state index contributed by atoms with van der Waals surface area (Å²) >= 11 is 2.95. The summed E-state index contributed by atoms with van der Waals surface area (Å²) in [5.41, 5.74) is 6.26. The zero-order valence-electron chi connectivity index (χ0n) is 19.6. The number of carboxylic acids is 1. The number of phenolic OH excluding ortho intramolecular Hbond substituents is 1. The Kier molecular flexibility index (Phi) is 13.5. The van der Waals surface area contributed by atoms with Gasteiger partial charge in [0.05, 0.1) is 6.04 Å². The molecule has 0 heterocycles. The first-order chi connectivity index (χ1) is 16.1. The van der Waals surface area contributed by atoms with Gasteiger partial charge in [-0.2, -0.15) is 23.5 Å². The van der Waals surface area contributed by atoms with Crippen LogP contribution in [0.4, 0.5) is 0 Å². The average molecular weight is 515 g/mol. The molecule has 4 atom stereocenters. The number of amides is 3. The van der Waals surface area contributed by atoms with Crippen LogP contribution in [0.3, 0.4) is 0 Å². The number of nitrogens with one attached hydrogen (secondary N) is 3. The number of carbonyl (C=O) groups is 4. The third-order valence-corrected chi connectivity index (χ3v) is 6.18. The summed E-state index contributed by atoms with van der Waals surface area (Å²) in [6.45, 7) is 1.50. The van der Waals surface area contributed by atoms with Crippen molar-refractivity contribution >= 4 is 47.2 Å². The van der Waals surface area contributed by atoms with E-state index in [-0.39, 0.29) is 18.6 Å². The van der Waals surface area contributed by atoms with E-state index >= 15 is 0 Å². The molecule has 1 aromatic carbocycles. The predicted molar refractivity (Wildman–Crippen MR) is 135 cm³/mol. The van der Waals surface area contributed by atoms with Crippen molar-refractivity contribution in [1.82, 2.24) is 16.0 Å². The van der Waals surface area contributed by atoms with E-state index in [1.165, 1.54) is 42.6 Å². The number of carbonyl (C=O) groups excluding carboxylic acids is 3. The van der Waals surface area contributed by atoms with Gasteiger partial charge in [-0.05, 0) is 61.5 Å². The Morgan fingerprint density at radius 2 is 1.32 bits per heavy atom. The maximum Gasteiger partial charge on any atom is 0.326 e. The van der Waals surface area contributed by atoms with E-state index in [4.69, 9.17) is 5.73 Å². The summed E-state index contributed by atoms with van der Waals surface area (Å²) < 4.78 is 0. The van der Waals surface area contributed by atoms with E-state index < -0.39 is 47.9 Å². The Bertz CT molecular complexity index is 822. The van der Waals surface area contributed by atoms with Gasteiger partial charge in [0, 0.05) is 6.42 Å². The second-order valence-corrected chi connectivity index (χ2v) is 9.72. The Morgan fingerprint density at radius 1 is 0.853 bits per heavy atom. The number of hydrogen-bond acceptors (Lipinski definition) is 8. The Morgan fingerprint density at radius 3 is 1.82 bits per heavy atom. The number of nitrogens with two attached hydrogens (primary N) is 1. The third-order valence-electron chi connectivity index (χ3n) is 4.89. The molecule has 10 nitrogen and oxygen atoms in total. The minimum atomic E-state index is -1.17. The van der Waals surface area contributed by atoms with E-state index in [1.807, 2.05) is 12.5 Å². The first-order valence-corrected chi connectivity index (χ1v) is 13.5. The molecule has 0 radical (unpaired) electrons. The largest absolute Gasteiger partial charge is 0.508 e. The minimum Gasteiger partial charge on any atom is -0.508 e. The van der Waals surface area contributed by atoms with Crippen LogP contribution in [-0.2, 0) is 25.6 Å². The van der Waals surface area contributed by atoms with Gasteiger partial charge in [0.2, 0.25) is 17.7 Å². The fourth-order valence-corrected chi connectivity index (χ4v) is 3.87. The quantitative estimate of drug-likeness (QED) is 0.193. The molecule has 3 amide bonds. The van der Waals surface area contributed by atoms with E-state index in [2.05, 4.69) is 16.0 Å². The number of thioether (sulfide) groups is 2. The smallest absolute Gasteiger partial charge is 0.326 e. The van der Waals surface area contributed by atoms with Crippen molar-refractivity contribution in [2.45, 2.75) is 50.4 Å². The highest BCUT2D eigenvalue weighted by molar-refractivity contribution is 7.98. The number of carboxylic acid groups (broad SMARTS) is 1. The van der Waals surface area contributed by atoms with E-state index in [1.54, 1.807) is 12.1 Å². The Hall–Kier alpha value is -2.44. The summed E-state index contributed by atoms with van der Waals surface area (Å²) in [6.07, 6.45) is 4.31. The van der Waals surface area contributed by atoms with Crippen molar-refractivity contribution in [3.8, 4) is 5.75 Å². The SMILES string of the molecule is CSCCC(NC(=O)C(Cc1ccc(O)cc1)NC(=O)C(CCSC)NC(=O)C(C)N)C(=O)O. The molecule has 34 heavy (non-hydrogen) atoms. The zero-order chi connectivity index (χ0) is 25.7. The van der Waals surface area contributed by atoms with Crippen LogP contribution in [0.1, 0.15) is 25.3 Å². The molecule has 190 valence electrons. The fourth-order valence-electron chi connectivity index (χ4n) is 2.92. The van der Waals surface area contributed by atoms with Crippen LogP contribution in [0.25, 0.3) is 0 Å². The lowest BCUT2D eigenvalue weighted by Crippen LogP contribution is -2.57. The van der Waals surface area contributed by atoms with Gasteiger partial charge in [0.15, 0.2) is 0 Å². The maximum absolute atomic E-state index is 13.0. The molecule has 0 aromatic heterocycles. The molecule has 0 fully saturated rings. The summed E-state index contributed by atoms with van der Waals surface area (Å²) in [7, 11) is 0. The van der Waals surface area contributed by atoms with Crippen LogP contribution < -0.4 is 21.7 Å². The number of phenols is 1. The Balaban J connectivity index is 3.09. The van der Waals surface area contributed by atoms with Crippen molar-refractivity contribution < 1.29 is 29.4 Å². The first-order valence-electron chi connectivity index (χ1n) is 10.7. The number of aliphatic carboxylic acids is 1. The normalized spacial score (nSPS) is 14.4. The molecule has 4 unspecified atom stereocenters. The van der Waals surface area contributed by atoms with Gasteiger partial charge in [-0.1, -0.05) is 12.1 Å². The second-order valence-electron chi connectivity index (χ2n) is 7.74. The lowest BCUT2D eigenvalue weighted by Gasteiger charge is -2.25. The standard InChI is InChI=1S/C22H34N4O6S2/c1-13(23)19(28)24-16(8-10-33-2)20(29)26-18(12-14-4-6-15(27)7-5-14)21(30)25-17(22(31)32)9-11-34-3/h4-7,13,16-18,27H,8-12,23H2,1-3H3,(H,24,28)(H,25,30)(H,26,29)(H,31,32). The fraction of sp³-hybridized carbons (Fsp3) is 0.545. The van der Waals surface area contributed by atoms with Crippen molar-refractivity contribution in [2.75, 3.05) is 24.0 Å². The van der Waals surface area contributed by atoms with Crippen LogP contribution in [0.15, 0.2) is 24.3 Å². The molecule has 0 spiro atoms. The first kappa shape index (κ1) is 29.6. The van der Waals surface area contributed by atoms with Gasteiger partial charge in [-0.25, -0.2) is 4.79 Å². The van der Waals surface area contributed by atoms with E-state index in [9.17, 15) is 29.4 Å². The number of benzene rings is 1. The van der Waals surface area contributed by atoms with Gasteiger partial charge in [0.1, 0.15) is 23.9 Å². The lowest BCUT2D eigenvalue weighted by molar-refractivity contribution is -0.142. The molecule has 1 aromatic rings. The molecule has 0 saturated heterocycles. The van der Waals surface area contributed by atoms with E-state index in [0.717, 1.165) is 0 Å². The summed E-state index contributed by atoms with van der Waals surface area (Å²) in [5.74, 6) is -1.72. The second kappa shape index (κ2) is 15.5. The lowest BCUT2D eigenvalue weighted by atomic mass is 10.0. The van der Waals surface area contributed by atoms with Crippen LogP contribution >= 0.6 is 23.5 Å². The summed E-state index contributed by atoms with van der Waals surface area (Å²) in [5, 5.41) is 26.8. The van der Waals surface area contributed by atoms with Crippen molar-refractivity contribution in [3.05, 3.63) is 29.8 Å². The van der Waals surface area contributed by atoms with Gasteiger partial charge < -0.3 is 31.9 Å². The molecule has 1 rings (SSSR count). The van der Waals surface area contributed by atoms with Crippen LogP contribution in [-0.4, -0.2) is 82.1 Å². The van der Waals surface area contributed by atoms with Gasteiger partial charge in [0.25, 0.3) is 0 Å². The molecule has 0 bridgehead atoms. The summed E-state index contributed by atoms with van der Waals surface area (Å²) in [6, 6.07) is 2.19. The van der Waals surface area contributed by atoms with Gasteiger partial charge in [-0.15, -0.1) is 0 Å². The number of aromatic hydroxyl groups is 1. The molecule has 0 saturated carbocycles. The van der Waals surface area contributed by atoms with Crippen molar-refractivity contribution in [3.63, 3.8) is 0 Å². The molecule has 12 heteroatoms. The Labute approximate surface area is 208 Å². The van der Waals surface area contributed by atoms with E-state index in [0.29, 0.717) is 23.5 Å². The third kappa shape index (κ3) is 10.7. The zero-order valence-corrected chi connectivity index (χ0v) is 21.2.